The third-order valence-electron chi connectivity index (χ3n) is 2.65. The van der Waals surface area contributed by atoms with Crippen molar-refractivity contribution in [1.29, 1.82) is 0 Å². The predicted octanol–water partition coefficient (Wildman–Crippen LogP) is 2.90. The maximum absolute atomic E-state index is 12.2. The van der Waals surface area contributed by atoms with E-state index >= 15 is 0 Å². The SMILES string of the molecule is Cc1nn(CCF)cc1NCc1cccc(O)c1.Cl. The summed E-state index contributed by atoms with van der Waals surface area (Å²) in [4.78, 5) is 0. The van der Waals surface area contributed by atoms with Crippen LogP contribution in [-0.4, -0.2) is 21.6 Å². The molecule has 0 saturated carbocycles. The molecule has 0 aliphatic heterocycles. The summed E-state index contributed by atoms with van der Waals surface area (Å²) in [5, 5.41) is 16.8. The average molecular weight is 286 g/mol. The van der Waals surface area contributed by atoms with Gasteiger partial charge in [0.1, 0.15) is 12.4 Å². The molecule has 2 aromatic rings. The van der Waals surface area contributed by atoms with Crippen LogP contribution in [0.5, 0.6) is 5.75 Å². The van der Waals surface area contributed by atoms with Gasteiger partial charge in [0.05, 0.1) is 17.9 Å². The lowest BCUT2D eigenvalue weighted by atomic mass is 10.2. The highest BCUT2D eigenvalue weighted by Crippen LogP contribution is 2.16. The largest absolute Gasteiger partial charge is 0.508 e. The molecule has 0 saturated heterocycles. The van der Waals surface area contributed by atoms with Crippen LogP contribution in [0.25, 0.3) is 0 Å². The Balaban J connectivity index is 0.00000180. The van der Waals surface area contributed by atoms with Crippen molar-refractivity contribution >= 4 is 18.1 Å². The first-order chi connectivity index (χ1) is 8.69. The van der Waals surface area contributed by atoms with E-state index < -0.39 is 6.67 Å². The number of rotatable bonds is 5. The number of hydrogen-bond donors (Lipinski definition) is 2. The molecule has 0 unspecified atom stereocenters. The summed E-state index contributed by atoms with van der Waals surface area (Å²) in [7, 11) is 0. The minimum Gasteiger partial charge on any atom is -0.508 e. The van der Waals surface area contributed by atoms with Crippen LogP contribution in [0, 0.1) is 6.92 Å². The molecule has 0 aliphatic rings. The van der Waals surface area contributed by atoms with Crippen LogP contribution in [0.15, 0.2) is 30.5 Å². The van der Waals surface area contributed by atoms with Gasteiger partial charge < -0.3 is 10.4 Å². The molecule has 19 heavy (non-hydrogen) atoms. The number of nitrogens with one attached hydrogen (secondary N) is 1. The van der Waals surface area contributed by atoms with Crippen molar-refractivity contribution in [2.24, 2.45) is 0 Å². The van der Waals surface area contributed by atoms with E-state index in [-0.39, 0.29) is 24.7 Å². The Kier molecular flexibility index (Phi) is 5.63. The molecule has 0 amide bonds. The van der Waals surface area contributed by atoms with Crippen LogP contribution in [0.2, 0.25) is 0 Å². The van der Waals surface area contributed by atoms with Gasteiger partial charge in [-0.15, -0.1) is 12.4 Å². The number of halogens is 2. The fourth-order valence-corrected chi connectivity index (χ4v) is 1.76. The Hall–Kier alpha value is -1.75. The summed E-state index contributed by atoms with van der Waals surface area (Å²) in [5.74, 6) is 0.249. The summed E-state index contributed by atoms with van der Waals surface area (Å²) in [6.45, 7) is 2.32. The van der Waals surface area contributed by atoms with Crippen molar-refractivity contribution < 1.29 is 9.50 Å². The van der Waals surface area contributed by atoms with E-state index in [9.17, 15) is 9.50 Å². The molecule has 0 bridgehead atoms. The molecule has 6 heteroatoms. The molecule has 1 aromatic heterocycles. The molecule has 2 rings (SSSR count). The number of phenolic OH excluding ortho intramolecular Hbond substituents is 1. The highest BCUT2D eigenvalue weighted by molar-refractivity contribution is 5.85. The quantitative estimate of drug-likeness (QED) is 0.888. The molecule has 104 valence electrons. The lowest BCUT2D eigenvalue weighted by molar-refractivity contribution is 0.426. The zero-order valence-electron chi connectivity index (χ0n) is 10.6. The van der Waals surface area contributed by atoms with Crippen LogP contribution >= 0.6 is 12.4 Å². The lowest BCUT2D eigenvalue weighted by Crippen LogP contribution is -2.00. The maximum Gasteiger partial charge on any atom is 0.115 e. The van der Waals surface area contributed by atoms with E-state index in [1.54, 1.807) is 29.1 Å². The monoisotopic (exact) mass is 285 g/mol. The van der Waals surface area contributed by atoms with Gasteiger partial charge in [-0.3, -0.25) is 4.68 Å². The van der Waals surface area contributed by atoms with Crippen LogP contribution in [-0.2, 0) is 13.1 Å². The van der Waals surface area contributed by atoms with Crippen LogP contribution in [0.3, 0.4) is 0 Å². The number of benzene rings is 1. The van der Waals surface area contributed by atoms with Gasteiger partial charge in [0, 0.05) is 12.7 Å². The zero-order valence-corrected chi connectivity index (χ0v) is 11.5. The second kappa shape index (κ2) is 6.99. The first kappa shape index (κ1) is 15.3. The smallest absolute Gasteiger partial charge is 0.115 e. The molecule has 1 aromatic carbocycles. The number of hydrogen-bond acceptors (Lipinski definition) is 3. The molecule has 0 spiro atoms. The van der Waals surface area contributed by atoms with Crippen LogP contribution in [0.1, 0.15) is 11.3 Å². The second-order valence-electron chi connectivity index (χ2n) is 4.10. The number of aromatic hydroxyl groups is 1. The lowest BCUT2D eigenvalue weighted by Gasteiger charge is -2.05. The molecule has 0 atom stereocenters. The van der Waals surface area contributed by atoms with Gasteiger partial charge in [-0.25, -0.2) is 4.39 Å². The molecule has 2 N–H and O–H groups in total. The Morgan fingerprint density at radius 2 is 2.21 bits per heavy atom. The normalized spacial score (nSPS) is 10.0. The minimum atomic E-state index is -0.423. The van der Waals surface area contributed by atoms with E-state index in [0.717, 1.165) is 16.9 Å². The maximum atomic E-state index is 12.2. The summed E-state index contributed by atoms with van der Waals surface area (Å²) >= 11 is 0. The molecule has 1 heterocycles. The Morgan fingerprint density at radius 3 is 2.89 bits per heavy atom. The number of aromatic nitrogens is 2. The van der Waals surface area contributed by atoms with E-state index in [4.69, 9.17) is 0 Å². The standard InChI is InChI=1S/C13H16FN3O.ClH/c1-10-13(9-17(16-10)6-5-14)15-8-11-3-2-4-12(18)7-11;/h2-4,7,9,15,18H,5-6,8H2,1H3;1H. The minimum absolute atomic E-state index is 0. The number of alkyl halides is 1. The van der Waals surface area contributed by atoms with E-state index in [1.165, 1.54) is 0 Å². The van der Waals surface area contributed by atoms with Crippen LogP contribution < -0.4 is 5.32 Å². The molecular formula is C13H17ClFN3O. The topological polar surface area (TPSA) is 50.1 Å². The number of aryl methyl sites for hydroxylation is 2. The first-order valence-electron chi connectivity index (χ1n) is 5.81. The number of nitrogens with zero attached hydrogens (tertiary/aromatic N) is 2. The highest BCUT2D eigenvalue weighted by atomic mass is 35.5. The first-order valence-corrected chi connectivity index (χ1v) is 5.81. The number of anilines is 1. The Morgan fingerprint density at radius 1 is 1.42 bits per heavy atom. The zero-order chi connectivity index (χ0) is 13.0. The summed E-state index contributed by atoms with van der Waals surface area (Å²) in [6.07, 6.45) is 1.79. The van der Waals surface area contributed by atoms with E-state index in [1.807, 2.05) is 13.0 Å². The van der Waals surface area contributed by atoms with Crippen LogP contribution in [0.4, 0.5) is 10.1 Å². The molecule has 0 radical (unpaired) electrons. The summed E-state index contributed by atoms with van der Waals surface area (Å²) in [6, 6.07) is 7.06. The van der Waals surface area contributed by atoms with Crippen molar-refractivity contribution in [1.82, 2.24) is 9.78 Å². The summed E-state index contributed by atoms with van der Waals surface area (Å²) < 4.78 is 13.8. The fraction of sp³-hybridized carbons (Fsp3) is 0.308. The van der Waals surface area contributed by atoms with Crippen molar-refractivity contribution in [3.63, 3.8) is 0 Å². The van der Waals surface area contributed by atoms with Crippen molar-refractivity contribution in [3.05, 3.63) is 41.7 Å². The van der Waals surface area contributed by atoms with Gasteiger partial charge in [0.15, 0.2) is 0 Å². The average Bonchev–Trinajstić information content (AvgIpc) is 2.68. The van der Waals surface area contributed by atoms with Gasteiger partial charge in [0.2, 0.25) is 0 Å². The Labute approximate surface area is 117 Å². The molecule has 0 aliphatic carbocycles. The summed E-state index contributed by atoms with van der Waals surface area (Å²) in [5.41, 5.74) is 2.70. The molecule has 0 fully saturated rings. The van der Waals surface area contributed by atoms with E-state index in [2.05, 4.69) is 10.4 Å². The van der Waals surface area contributed by atoms with Crippen molar-refractivity contribution in [2.75, 3.05) is 12.0 Å². The van der Waals surface area contributed by atoms with Gasteiger partial charge in [0.25, 0.3) is 0 Å². The third-order valence-corrected chi connectivity index (χ3v) is 2.65. The van der Waals surface area contributed by atoms with Gasteiger partial charge >= 0.3 is 0 Å². The van der Waals surface area contributed by atoms with Crippen molar-refractivity contribution in [3.8, 4) is 5.75 Å². The predicted molar refractivity (Wildman–Crippen MR) is 75.6 cm³/mol. The highest BCUT2D eigenvalue weighted by Gasteiger charge is 2.04. The molecule has 4 nitrogen and oxygen atoms in total. The van der Waals surface area contributed by atoms with Gasteiger partial charge in [-0.05, 0) is 24.6 Å². The van der Waals surface area contributed by atoms with Gasteiger partial charge in [-0.2, -0.15) is 5.10 Å². The Bertz CT molecular complexity index is 530. The second-order valence-corrected chi connectivity index (χ2v) is 4.10. The van der Waals surface area contributed by atoms with Crippen molar-refractivity contribution in [2.45, 2.75) is 20.0 Å². The van der Waals surface area contributed by atoms with Gasteiger partial charge in [-0.1, -0.05) is 12.1 Å². The van der Waals surface area contributed by atoms with E-state index in [0.29, 0.717) is 6.54 Å². The number of phenols is 1. The fourth-order valence-electron chi connectivity index (χ4n) is 1.76. The molecular weight excluding hydrogens is 269 g/mol. The third kappa shape index (κ3) is 4.13.